The molecule has 0 spiro atoms. The van der Waals surface area contributed by atoms with Gasteiger partial charge in [0.05, 0.1) is 18.6 Å². The zero-order valence-electron chi connectivity index (χ0n) is 16.1. The van der Waals surface area contributed by atoms with Gasteiger partial charge in [-0.1, -0.05) is 36.4 Å². The molecule has 1 aromatic carbocycles. The van der Waals surface area contributed by atoms with Gasteiger partial charge in [-0.3, -0.25) is 14.5 Å². The van der Waals surface area contributed by atoms with E-state index >= 15 is 0 Å². The van der Waals surface area contributed by atoms with Crippen molar-refractivity contribution < 1.29 is 23.9 Å². The van der Waals surface area contributed by atoms with Gasteiger partial charge in [0.15, 0.2) is 5.78 Å². The summed E-state index contributed by atoms with van der Waals surface area (Å²) in [5.74, 6) is -1.27. The molecule has 2 aliphatic heterocycles. The predicted molar refractivity (Wildman–Crippen MR) is 98.9 cm³/mol. The molecule has 144 valence electrons. The number of hydrogen-bond donors (Lipinski definition) is 0. The number of carbonyl (C=O) groups excluding carboxylic acids is 3. The zero-order chi connectivity index (χ0) is 19.8. The minimum Gasteiger partial charge on any atom is -0.466 e. The van der Waals surface area contributed by atoms with Crippen LogP contribution in [0.2, 0.25) is 0 Å². The van der Waals surface area contributed by atoms with E-state index in [0.29, 0.717) is 5.56 Å². The van der Waals surface area contributed by atoms with Crippen molar-refractivity contribution >= 4 is 17.8 Å². The lowest BCUT2D eigenvalue weighted by atomic mass is 9.81. The molecule has 0 N–H and O–H groups in total. The molecule has 27 heavy (non-hydrogen) atoms. The van der Waals surface area contributed by atoms with Gasteiger partial charge in [0, 0.05) is 0 Å². The van der Waals surface area contributed by atoms with E-state index in [1.54, 1.807) is 45.9 Å². The van der Waals surface area contributed by atoms with Gasteiger partial charge in [-0.2, -0.15) is 0 Å². The molecule has 1 aromatic rings. The number of ether oxygens (including phenoxy) is 2. The Kier molecular flexibility index (Phi) is 4.84. The van der Waals surface area contributed by atoms with E-state index < -0.39 is 35.2 Å². The highest BCUT2D eigenvalue weighted by atomic mass is 16.6. The number of esters is 1. The first kappa shape index (κ1) is 19.1. The van der Waals surface area contributed by atoms with Crippen LogP contribution in [0.25, 0.3) is 0 Å². The van der Waals surface area contributed by atoms with Crippen LogP contribution in [0.5, 0.6) is 0 Å². The van der Waals surface area contributed by atoms with Crippen LogP contribution in [0, 0.1) is 5.92 Å². The summed E-state index contributed by atoms with van der Waals surface area (Å²) in [4.78, 5) is 40.2. The van der Waals surface area contributed by atoms with Crippen molar-refractivity contribution in [2.24, 2.45) is 5.92 Å². The van der Waals surface area contributed by atoms with Gasteiger partial charge in [-0.15, -0.1) is 0 Å². The first-order valence-corrected chi connectivity index (χ1v) is 9.18. The minimum absolute atomic E-state index is 0.172. The minimum atomic E-state index is -1.26. The fraction of sp³-hybridized carbons (Fsp3) is 0.476. The number of fused-ring (bicyclic) bond motifs is 2. The second-order valence-electron chi connectivity index (χ2n) is 7.85. The zero-order valence-corrected chi connectivity index (χ0v) is 16.1. The van der Waals surface area contributed by atoms with E-state index in [9.17, 15) is 14.4 Å². The molecule has 0 unspecified atom stereocenters. The van der Waals surface area contributed by atoms with Crippen molar-refractivity contribution in [1.29, 1.82) is 0 Å². The predicted octanol–water partition coefficient (Wildman–Crippen LogP) is 3.21. The van der Waals surface area contributed by atoms with Gasteiger partial charge in [0.25, 0.3) is 0 Å². The normalized spacial score (nSPS) is 26.8. The average molecular weight is 371 g/mol. The average Bonchev–Trinajstić information content (AvgIpc) is 2.88. The van der Waals surface area contributed by atoms with Crippen molar-refractivity contribution in [3.63, 3.8) is 0 Å². The maximum absolute atomic E-state index is 13.1. The van der Waals surface area contributed by atoms with Crippen LogP contribution in [0.15, 0.2) is 42.5 Å². The van der Waals surface area contributed by atoms with Crippen LogP contribution in [-0.2, 0) is 24.6 Å². The van der Waals surface area contributed by atoms with Crippen LogP contribution in [0.3, 0.4) is 0 Å². The molecule has 0 aliphatic carbocycles. The fourth-order valence-electron chi connectivity index (χ4n) is 3.91. The molecule has 3 atom stereocenters. The first-order valence-electron chi connectivity index (χ1n) is 9.18. The Hall–Kier alpha value is -2.63. The van der Waals surface area contributed by atoms with Gasteiger partial charge in [0.1, 0.15) is 11.1 Å². The summed E-state index contributed by atoms with van der Waals surface area (Å²) >= 11 is 0. The highest BCUT2D eigenvalue weighted by molar-refractivity contribution is 6.04. The molecule has 2 aliphatic rings. The lowest BCUT2D eigenvalue weighted by molar-refractivity contribution is -0.148. The molecule has 6 nitrogen and oxygen atoms in total. The third-order valence-corrected chi connectivity index (χ3v) is 4.92. The second-order valence-corrected chi connectivity index (χ2v) is 7.85. The topological polar surface area (TPSA) is 72.9 Å². The monoisotopic (exact) mass is 371 g/mol. The van der Waals surface area contributed by atoms with Crippen molar-refractivity contribution in [2.45, 2.75) is 51.3 Å². The third kappa shape index (κ3) is 3.24. The van der Waals surface area contributed by atoms with Gasteiger partial charge in [-0.05, 0) is 45.8 Å². The molecule has 0 aromatic heterocycles. The van der Waals surface area contributed by atoms with Crippen molar-refractivity contribution in [3.8, 4) is 0 Å². The third-order valence-electron chi connectivity index (χ3n) is 4.92. The molecule has 1 saturated heterocycles. The number of carbonyl (C=O) groups is 3. The molecule has 1 fully saturated rings. The van der Waals surface area contributed by atoms with Crippen LogP contribution in [-0.4, -0.2) is 41.0 Å². The molecular formula is C21H25NO5. The van der Waals surface area contributed by atoms with E-state index in [4.69, 9.17) is 9.47 Å². The Morgan fingerprint density at radius 3 is 2.48 bits per heavy atom. The summed E-state index contributed by atoms with van der Waals surface area (Å²) in [5, 5.41) is 0. The highest BCUT2D eigenvalue weighted by Crippen LogP contribution is 2.50. The molecule has 0 saturated carbocycles. The molecule has 6 heteroatoms. The lowest BCUT2D eigenvalue weighted by Gasteiger charge is -2.41. The van der Waals surface area contributed by atoms with E-state index in [2.05, 4.69) is 0 Å². The SMILES string of the molecule is CCOC(=O)[C@H]1C[C@@]2(c3ccccc3)C(=O)C=C[C@H]1N2C(=O)OC(C)(C)C. The number of rotatable bonds is 3. The van der Waals surface area contributed by atoms with E-state index in [1.165, 1.54) is 11.0 Å². The number of hydrogen-bond acceptors (Lipinski definition) is 5. The highest BCUT2D eigenvalue weighted by Gasteiger charge is 2.62. The number of ketones is 1. The summed E-state index contributed by atoms with van der Waals surface area (Å²) in [7, 11) is 0. The molecule has 0 radical (unpaired) electrons. The quantitative estimate of drug-likeness (QED) is 0.763. The van der Waals surface area contributed by atoms with Crippen molar-refractivity contribution in [3.05, 3.63) is 48.0 Å². The van der Waals surface area contributed by atoms with Crippen molar-refractivity contribution in [1.82, 2.24) is 4.90 Å². The summed E-state index contributed by atoms with van der Waals surface area (Å²) in [6.07, 6.45) is 2.65. The summed E-state index contributed by atoms with van der Waals surface area (Å²) in [5.41, 5.74) is -1.32. The second kappa shape index (κ2) is 6.83. The van der Waals surface area contributed by atoms with E-state index in [1.807, 2.05) is 18.2 Å². The van der Waals surface area contributed by atoms with Gasteiger partial charge in [-0.25, -0.2) is 4.79 Å². The number of benzene rings is 1. The number of nitrogens with zero attached hydrogens (tertiary/aromatic N) is 1. The molecule has 1 amide bonds. The van der Waals surface area contributed by atoms with Crippen LogP contribution in [0.1, 0.15) is 39.7 Å². The summed E-state index contributed by atoms with van der Waals surface area (Å²) < 4.78 is 10.8. The maximum Gasteiger partial charge on any atom is 0.411 e. The Morgan fingerprint density at radius 1 is 1.22 bits per heavy atom. The number of amides is 1. The summed E-state index contributed by atoms with van der Waals surface area (Å²) in [6, 6.07) is 8.50. The lowest BCUT2D eigenvalue weighted by Crippen LogP contribution is -2.56. The Balaban J connectivity index is 2.12. The first-order chi connectivity index (χ1) is 12.7. The van der Waals surface area contributed by atoms with Gasteiger partial charge >= 0.3 is 12.1 Å². The molecular weight excluding hydrogens is 346 g/mol. The molecule has 2 heterocycles. The molecule has 3 rings (SSSR count). The van der Waals surface area contributed by atoms with Crippen molar-refractivity contribution in [2.75, 3.05) is 6.61 Å². The fourth-order valence-corrected chi connectivity index (χ4v) is 3.91. The van der Waals surface area contributed by atoms with E-state index in [-0.39, 0.29) is 18.8 Å². The Labute approximate surface area is 159 Å². The smallest absolute Gasteiger partial charge is 0.411 e. The standard InChI is InChI=1S/C21H25NO5/c1-5-26-18(24)15-13-21(14-9-7-6-8-10-14)17(23)12-11-16(15)22(21)19(25)27-20(2,3)4/h6-12,15-16H,5,13H2,1-4H3/t15-,16+,21+/m0/s1. The maximum atomic E-state index is 13.1. The van der Waals surface area contributed by atoms with E-state index in [0.717, 1.165) is 0 Å². The Morgan fingerprint density at radius 2 is 1.89 bits per heavy atom. The van der Waals surface area contributed by atoms with Crippen LogP contribution < -0.4 is 0 Å². The van der Waals surface area contributed by atoms with Gasteiger partial charge < -0.3 is 9.47 Å². The molecule has 2 bridgehead atoms. The Bertz CT molecular complexity index is 780. The van der Waals surface area contributed by atoms with Gasteiger partial charge in [0.2, 0.25) is 0 Å². The van der Waals surface area contributed by atoms with Crippen LogP contribution in [0.4, 0.5) is 4.79 Å². The van der Waals surface area contributed by atoms with Crippen LogP contribution >= 0.6 is 0 Å². The largest absolute Gasteiger partial charge is 0.466 e. The summed E-state index contributed by atoms with van der Waals surface area (Å²) in [6.45, 7) is 7.29.